The first-order valence-corrected chi connectivity index (χ1v) is 9.33. The molecule has 0 N–H and O–H groups in total. The molecule has 0 nitrogen and oxygen atoms in total. The van der Waals surface area contributed by atoms with Crippen LogP contribution in [0, 0.1) is 34.5 Å². The Morgan fingerprint density at radius 3 is 2.57 bits per heavy atom. The molecule has 4 saturated carbocycles. The van der Waals surface area contributed by atoms with Crippen molar-refractivity contribution in [2.75, 3.05) is 0 Å². The Hall–Kier alpha value is -0.520. The Morgan fingerprint density at radius 1 is 0.952 bits per heavy atom. The minimum atomic E-state index is 0.493. The van der Waals surface area contributed by atoms with Crippen LogP contribution in [0.25, 0.3) is 0 Å². The molecule has 4 rings (SSSR count). The van der Waals surface area contributed by atoms with E-state index < -0.39 is 0 Å². The van der Waals surface area contributed by atoms with E-state index >= 15 is 0 Å². The summed E-state index contributed by atoms with van der Waals surface area (Å²) in [6.07, 6.45) is 13.0. The molecule has 0 aromatic heterocycles. The third-order valence-electron chi connectivity index (χ3n) is 8.32. The number of fused-ring (bicyclic) bond motifs is 5. The van der Waals surface area contributed by atoms with Gasteiger partial charge in [-0.2, -0.15) is 0 Å². The van der Waals surface area contributed by atoms with Crippen LogP contribution in [0.1, 0.15) is 71.6 Å². The molecule has 4 fully saturated rings. The highest BCUT2D eigenvalue weighted by Crippen LogP contribution is 2.67. The second-order valence-electron chi connectivity index (χ2n) is 9.27. The van der Waals surface area contributed by atoms with Gasteiger partial charge in [-0.15, -0.1) is 0 Å². The fourth-order valence-corrected chi connectivity index (χ4v) is 7.28. The molecule has 0 saturated heterocycles. The number of hydrogen-bond acceptors (Lipinski definition) is 0. The van der Waals surface area contributed by atoms with Gasteiger partial charge in [0.1, 0.15) is 0 Å². The van der Waals surface area contributed by atoms with Gasteiger partial charge < -0.3 is 0 Å². The van der Waals surface area contributed by atoms with E-state index in [4.69, 9.17) is 0 Å². The maximum atomic E-state index is 4.48. The van der Waals surface area contributed by atoms with Gasteiger partial charge in [0.05, 0.1) is 0 Å². The van der Waals surface area contributed by atoms with Crippen molar-refractivity contribution in [3.63, 3.8) is 0 Å². The molecule has 0 radical (unpaired) electrons. The lowest BCUT2D eigenvalue weighted by atomic mass is 9.45. The van der Waals surface area contributed by atoms with Gasteiger partial charge in [0.2, 0.25) is 0 Å². The van der Waals surface area contributed by atoms with E-state index in [1.54, 1.807) is 0 Å². The van der Waals surface area contributed by atoms with Gasteiger partial charge in [0, 0.05) is 0 Å². The van der Waals surface area contributed by atoms with Crippen molar-refractivity contribution in [3.05, 3.63) is 24.3 Å². The normalized spacial score (nSPS) is 53.0. The molecule has 0 heterocycles. The molecule has 0 heteroatoms. The highest BCUT2D eigenvalue weighted by atomic mass is 14.6. The highest BCUT2D eigenvalue weighted by molar-refractivity contribution is 5.38. The minimum absolute atomic E-state index is 0.493. The summed E-state index contributed by atoms with van der Waals surface area (Å²) in [5, 5.41) is 0. The zero-order chi connectivity index (χ0) is 14.8. The summed E-state index contributed by atoms with van der Waals surface area (Å²) < 4.78 is 0. The fraction of sp³-hybridized carbons (Fsp3) is 0.810. The predicted octanol–water partition coefficient (Wildman–Crippen LogP) is 6.14. The Kier molecular flexibility index (Phi) is 3.02. The van der Waals surface area contributed by atoms with Crippen molar-refractivity contribution in [2.24, 2.45) is 34.5 Å². The zero-order valence-corrected chi connectivity index (χ0v) is 14.1. The minimum Gasteiger partial charge on any atom is -0.0955 e. The Bertz CT molecular complexity index is 486. The summed E-state index contributed by atoms with van der Waals surface area (Å²) in [6, 6.07) is 0. The second kappa shape index (κ2) is 4.49. The van der Waals surface area contributed by atoms with Crippen molar-refractivity contribution in [1.29, 1.82) is 0 Å². The number of rotatable bonds is 0. The SMILES string of the molecule is C=C1C[C@@]2(C)CC[C@H]3[C@@H](CCC4CCCC[C@@]43C)[C@@H]2C1=C. The molecule has 0 aromatic rings. The average Bonchev–Trinajstić information content (AvgIpc) is 2.68. The molecule has 1 unspecified atom stereocenters. The van der Waals surface area contributed by atoms with E-state index in [-0.39, 0.29) is 0 Å². The molecule has 0 bridgehead atoms. The lowest BCUT2D eigenvalue weighted by molar-refractivity contribution is -0.0956. The van der Waals surface area contributed by atoms with Crippen LogP contribution in [0.4, 0.5) is 0 Å². The lowest BCUT2D eigenvalue weighted by Crippen LogP contribution is -2.52. The summed E-state index contributed by atoms with van der Waals surface area (Å²) in [5.74, 6) is 3.66. The van der Waals surface area contributed by atoms with Crippen molar-refractivity contribution in [1.82, 2.24) is 0 Å². The molecule has 4 aliphatic carbocycles. The Balaban J connectivity index is 1.70. The molecular formula is C21H32. The molecule has 0 aromatic carbocycles. The van der Waals surface area contributed by atoms with Gasteiger partial charge in [-0.05, 0) is 85.0 Å². The van der Waals surface area contributed by atoms with E-state index in [9.17, 15) is 0 Å². The quantitative estimate of drug-likeness (QED) is 0.501. The van der Waals surface area contributed by atoms with Gasteiger partial charge in [-0.25, -0.2) is 0 Å². The maximum Gasteiger partial charge on any atom is -0.00770 e. The summed E-state index contributed by atoms with van der Waals surface area (Å²) in [7, 11) is 0. The van der Waals surface area contributed by atoms with Crippen LogP contribution in [-0.4, -0.2) is 0 Å². The summed E-state index contributed by atoms with van der Waals surface area (Å²) in [4.78, 5) is 0. The number of allylic oxidation sites excluding steroid dienone is 2. The summed E-state index contributed by atoms with van der Waals surface area (Å²) in [6.45, 7) is 14.0. The van der Waals surface area contributed by atoms with Crippen LogP contribution in [-0.2, 0) is 0 Å². The van der Waals surface area contributed by atoms with Gasteiger partial charge in [0.25, 0.3) is 0 Å². The zero-order valence-electron chi connectivity index (χ0n) is 14.1. The van der Waals surface area contributed by atoms with Gasteiger partial charge in [-0.3, -0.25) is 0 Å². The first-order valence-electron chi connectivity index (χ1n) is 9.33. The van der Waals surface area contributed by atoms with Gasteiger partial charge in [0.15, 0.2) is 0 Å². The van der Waals surface area contributed by atoms with E-state index in [2.05, 4.69) is 27.0 Å². The van der Waals surface area contributed by atoms with Crippen LogP contribution < -0.4 is 0 Å². The molecular weight excluding hydrogens is 252 g/mol. The van der Waals surface area contributed by atoms with Gasteiger partial charge >= 0.3 is 0 Å². The van der Waals surface area contributed by atoms with Crippen LogP contribution in [0.3, 0.4) is 0 Å². The Labute approximate surface area is 131 Å². The number of hydrogen-bond donors (Lipinski definition) is 0. The van der Waals surface area contributed by atoms with Crippen molar-refractivity contribution >= 4 is 0 Å². The van der Waals surface area contributed by atoms with Crippen LogP contribution in [0.5, 0.6) is 0 Å². The fourth-order valence-electron chi connectivity index (χ4n) is 7.28. The molecule has 0 spiro atoms. The summed E-state index contributed by atoms with van der Waals surface area (Å²) >= 11 is 0. The predicted molar refractivity (Wildman–Crippen MR) is 90.0 cm³/mol. The first-order chi connectivity index (χ1) is 9.96. The maximum absolute atomic E-state index is 4.48. The van der Waals surface area contributed by atoms with E-state index in [0.29, 0.717) is 10.8 Å². The van der Waals surface area contributed by atoms with Gasteiger partial charge in [-0.1, -0.05) is 45.4 Å². The van der Waals surface area contributed by atoms with Crippen LogP contribution in [0.15, 0.2) is 24.3 Å². The topological polar surface area (TPSA) is 0 Å². The molecule has 116 valence electrons. The standard InChI is InChI=1S/C21H32/c1-14-13-20(3)12-10-18-17(19(20)15(14)2)9-8-16-7-5-6-11-21(16,18)4/h16-19H,1-2,5-13H2,3-4H3/t16?,17-,18+,19+,20-,21+/m1/s1. The molecule has 0 amide bonds. The molecule has 0 aliphatic heterocycles. The molecule has 6 atom stereocenters. The average molecular weight is 284 g/mol. The highest BCUT2D eigenvalue weighted by Gasteiger charge is 2.58. The third-order valence-corrected chi connectivity index (χ3v) is 8.32. The van der Waals surface area contributed by atoms with Crippen LogP contribution in [0.2, 0.25) is 0 Å². The first kappa shape index (κ1) is 14.1. The second-order valence-corrected chi connectivity index (χ2v) is 9.27. The summed E-state index contributed by atoms with van der Waals surface area (Å²) in [5.41, 5.74) is 3.95. The molecule has 21 heavy (non-hydrogen) atoms. The monoisotopic (exact) mass is 284 g/mol. The Morgan fingerprint density at radius 2 is 1.76 bits per heavy atom. The van der Waals surface area contributed by atoms with Crippen molar-refractivity contribution in [3.8, 4) is 0 Å². The van der Waals surface area contributed by atoms with Crippen molar-refractivity contribution < 1.29 is 0 Å². The van der Waals surface area contributed by atoms with E-state index in [1.807, 2.05) is 0 Å². The van der Waals surface area contributed by atoms with E-state index in [0.717, 1.165) is 23.7 Å². The van der Waals surface area contributed by atoms with Crippen LogP contribution >= 0.6 is 0 Å². The lowest BCUT2D eigenvalue weighted by Gasteiger charge is -2.60. The van der Waals surface area contributed by atoms with Crippen molar-refractivity contribution in [2.45, 2.75) is 71.6 Å². The smallest absolute Gasteiger partial charge is 0.00770 e. The third kappa shape index (κ3) is 1.80. The largest absolute Gasteiger partial charge is 0.0955 e. The van der Waals surface area contributed by atoms with E-state index in [1.165, 1.54) is 68.9 Å². The molecule has 4 aliphatic rings.